The van der Waals surface area contributed by atoms with E-state index in [4.69, 9.17) is 10.5 Å². The van der Waals surface area contributed by atoms with Gasteiger partial charge < -0.3 is 15.4 Å². The molecule has 2 atom stereocenters. The van der Waals surface area contributed by atoms with Crippen molar-refractivity contribution < 1.29 is 4.74 Å². The van der Waals surface area contributed by atoms with Crippen LogP contribution in [0.25, 0.3) is 0 Å². The molecular weight excluding hydrogens is 232 g/mol. The van der Waals surface area contributed by atoms with Gasteiger partial charge in [0.25, 0.3) is 0 Å². The van der Waals surface area contributed by atoms with Crippen molar-refractivity contribution in [3.05, 3.63) is 0 Å². The fraction of sp³-hybridized carbons (Fsp3) is 1.00. The number of ether oxygens (including phenoxy) is 1. The lowest BCUT2D eigenvalue weighted by molar-refractivity contribution is -0.000306. The van der Waals surface area contributed by atoms with Crippen LogP contribution in [0.5, 0.6) is 0 Å². The lowest BCUT2D eigenvalue weighted by Gasteiger charge is -2.43. The van der Waals surface area contributed by atoms with Gasteiger partial charge in [-0.1, -0.05) is 13.8 Å². The molecule has 0 saturated carbocycles. The summed E-state index contributed by atoms with van der Waals surface area (Å²) in [5.74, 6) is 0. The molecule has 100 valence electrons. The Labute approximate surface area is 109 Å². The van der Waals surface area contributed by atoms with Crippen LogP contribution in [0.1, 0.15) is 26.7 Å². The number of thioether (sulfide) groups is 1. The quantitative estimate of drug-likeness (QED) is 0.834. The van der Waals surface area contributed by atoms with E-state index in [9.17, 15) is 0 Å². The number of nitrogens with two attached hydrogens (primary N) is 1. The largest absolute Gasteiger partial charge is 0.381 e. The Kier molecular flexibility index (Phi) is 4.75. The molecule has 2 aliphatic heterocycles. The molecule has 2 heterocycles. The van der Waals surface area contributed by atoms with E-state index in [1.54, 1.807) is 0 Å². The summed E-state index contributed by atoms with van der Waals surface area (Å²) in [6.07, 6.45) is 2.27. The summed E-state index contributed by atoms with van der Waals surface area (Å²) in [6, 6.07) is 0. The zero-order valence-corrected chi connectivity index (χ0v) is 12.0. The molecule has 0 spiro atoms. The first-order valence-corrected chi connectivity index (χ1v) is 7.73. The van der Waals surface area contributed by atoms with Crippen LogP contribution in [0.4, 0.5) is 0 Å². The zero-order valence-electron chi connectivity index (χ0n) is 11.2. The Morgan fingerprint density at radius 3 is 2.35 bits per heavy atom. The first kappa shape index (κ1) is 13.7. The molecule has 2 rings (SSSR count). The molecule has 2 aliphatic rings. The molecule has 2 saturated heterocycles. The van der Waals surface area contributed by atoms with Gasteiger partial charge in [-0.25, -0.2) is 0 Å². The summed E-state index contributed by atoms with van der Waals surface area (Å²) >= 11 is 2.12. The van der Waals surface area contributed by atoms with Gasteiger partial charge in [0.05, 0.1) is 0 Å². The standard InChI is InChI=1S/C13H26N2OS/c1-11-7-15(8-12(2)17-11)10-13(9-14)3-5-16-6-4-13/h11-12H,3-10,14H2,1-2H3. The summed E-state index contributed by atoms with van der Waals surface area (Å²) in [4.78, 5) is 2.63. The van der Waals surface area contributed by atoms with Crippen LogP contribution in [0, 0.1) is 5.41 Å². The van der Waals surface area contributed by atoms with Crippen molar-refractivity contribution in [2.75, 3.05) is 39.4 Å². The smallest absolute Gasteiger partial charge is 0.0472 e. The summed E-state index contributed by atoms with van der Waals surface area (Å²) in [5.41, 5.74) is 6.36. The highest BCUT2D eigenvalue weighted by Gasteiger charge is 2.35. The first-order valence-electron chi connectivity index (χ1n) is 6.79. The molecule has 2 N–H and O–H groups in total. The summed E-state index contributed by atoms with van der Waals surface area (Å²) in [5, 5.41) is 1.52. The Morgan fingerprint density at radius 2 is 1.82 bits per heavy atom. The van der Waals surface area contributed by atoms with E-state index in [0.29, 0.717) is 5.41 Å². The van der Waals surface area contributed by atoms with Gasteiger partial charge in [-0.15, -0.1) is 0 Å². The Bertz CT molecular complexity index is 234. The topological polar surface area (TPSA) is 38.5 Å². The lowest BCUT2D eigenvalue weighted by Crippen LogP contribution is -2.50. The van der Waals surface area contributed by atoms with Crippen LogP contribution in [0.2, 0.25) is 0 Å². The Balaban J connectivity index is 1.93. The second-order valence-corrected chi connectivity index (χ2v) is 7.65. The van der Waals surface area contributed by atoms with Gasteiger partial charge in [-0.2, -0.15) is 11.8 Å². The van der Waals surface area contributed by atoms with Gasteiger partial charge in [0.15, 0.2) is 0 Å². The molecule has 0 aliphatic carbocycles. The van der Waals surface area contributed by atoms with Crippen LogP contribution < -0.4 is 5.73 Å². The molecule has 4 heteroatoms. The maximum atomic E-state index is 6.04. The van der Waals surface area contributed by atoms with Gasteiger partial charge in [0.1, 0.15) is 0 Å². The van der Waals surface area contributed by atoms with Crippen molar-refractivity contribution >= 4 is 11.8 Å². The fourth-order valence-electron chi connectivity index (χ4n) is 3.12. The van der Waals surface area contributed by atoms with E-state index in [1.807, 2.05) is 0 Å². The molecule has 0 amide bonds. The van der Waals surface area contributed by atoms with Crippen molar-refractivity contribution in [2.24, 2.45) is 11.1 Å². The summed E-state index contributed by atoms with van der Waals surface area (Å²) in [7, 11) is 0. The maximum absolute atomic E-state index is 6.04. The predicted molar refractivity (Wildman–Crippen MR) is 74.5 cm³/mol. The maximum Gasteiger partial charge on any atom is 0.0472 e. The van der Waals surface area contributed by atoms with Crippen LogP contribution in [0.15, 0.2) is 0 Å². The van der Waals surface area contributed by atoms with Crippen LogP contribution in [0.3, 0.4) is 0 Å². The minimum atomic E-state index is 0.319. The monoisotopic (exact) mass is 258 g/mol. The van der Waals surface area contributed by atoms with Gasteiger partial charge >= 0.3 is 0 Å². The van der Waals surface area contributed by atoms with Gasteiger partial charge in [-0.05, 0) is 24.8 Å². The molecule has 3 nitrogen and oxygen atoms in total. The molecule has 17 heavy (non-hydrogen) atoms. The third kappa shape index (κ3) is 3.60. The number of rotatable bonds is 3. The highest BCUT2D eigenvalue weighted by Crippen LogP contribution is 2.33. The highest BCUT2D eigenvalue weighted by molar-refractivity contribution is 8.00. The number of nitrogens with zero attached hydrogens (tertiary/aromatic N) is 1. The van der Waals surface area contributed by atoms with Crippen LogP contribution >= 0.6 is 11.8 Å². The second-order valence-electron chi connectivity index (χ2n) is 5.77. The van der Waals surface area contributed by atoms with E-state index in [-0.39, 0.29) is 0 Å². The van der Waals surface area contributed by atoms with E-state index in [1.165, 1.54) is 19.6 Å². The molecule has 0 aromatic rings. The molecule has 0 radical (unpaired) electrons. The molecule has 0 aromatic carbocycles. The SMILES string of the molecule is CC1CN(CC2(CN)CCOCC2)CC(C)S1. The van der Waals surface area contributed by atoms with E-state index in [2.05, 4.69) is 30.5 Å². The normalized spacial score (nSPS) is 34.8. The zero-order chi connectivity index (χ0) is 12.3. The minimum absolute atomic E-state index is 0.319. The average Bonchev–Trinajstić information content (AvgIpc) is 2.29. The van der Waals surface area contributed by atoms with Crippen molar-refractivity contribution in [1.29, 1.82) is 0 Å². The predicted octanol–water partition coefficient (Wildman–Crippen LogP) is 1.57. The lowest BCUT2D eigenvalue weighted by atomic mass is 9.79. The van der Waals surface area contributed by atoms with E-state index in [0.717, 1.165) is 43.1 Å². The number of hydrogen-bond donors (Lipinski definition) is 1. The third-order valence-corrected chi connectivity index (χ3v) is 5.27. The second kappa shape index (κ2) is 5.91. The van der Waals surface area contributed by atoms with Gasteiger partial charge in [-0.3, -0.25) is 0 Å². The Morgan fingerprint density at radius 1 is 1.24 bits per heavy atom. The third-order valence-electron chi connectivity index (χ3n) is 4.04. The molecule has 0 bridgehead atoms. The minimum Gasteiger partial charge on any atom is -0.381 e. The van der Waals surface area contributed by atoms with Gasteiger partial charge in [0.2, 0.25) is 0 Å². The summed E-state index contributed by atoms with van der Waals surface area (Å²) < 4.78 is 5.48. The van der Waals surface area contributed by atoms with E-state index >= 15 is 0 Å². The number of hydrogen-bond acceptors (Lipinski definition) is 4. The molecule has 2 unspecified atom stereocenters. The van der Waals surface area contributed by atoms with E-state index < -0.39 is 0 Å². The van der Waals surface area contributed by atoms with Crippen molar-refractivity contribution in [3.63, 3.8) is 0 Å². The first-order chi connectivity index (χ1) is 8.13. The van der Waals surface area contributed by atoms with Crippen LogP contribution in [-0.4, -0.2) is 54.8 Å². The fourth-order valence-corrected chi connectivity index (χ4v) is 4.51. The molecule has 0 aromatic heterocycles. The van der Waals surface area contributed by atoms with Crippen LogP contribution in [-0.2, 0) is 4.74 Å². The average molecular weight is 258 g/mol. The molecular formula is C13H26N2OS. The van der Waals surface area contributed by atoms with Gasteiger partial charge in [0, 0.05) is 43.3 Å². The van der Waals surface area contributed by atoms with Crippen molar-refractivity contribution in [1.82, 2.24) is 4.90 Å². The highest BCUT2D eigenvalue weighted by atomic mass is 32.2. The van der Waals surface area contributed by atoms with Crippen molar-refractivity contribution in [3.8, 4) is 0 Å². The summed E-state index contributed by atoms with van der Waals surface area (Å²) in [6.45, 7) is 10.9. The molecule has 2 fully saturated rings. The Hall–Kier alpha value is 0.230. The van der Waals surface area contributed by atoms with Crippen molar-refractivity contribution in [2.45, 2.75) is 37.2 Å².